The third kappa shape index (κ3) is 4.25. The van der Waals surface area contributed by atoms with Gasteiger partial charge in [-0.05, 0) is 74.1 Å². The number of rotatable bonds is 5. The predicted octanol–water partition coefficient (Wildman–Crippen LogP) is 5.13. The van der Waals surface area contributed by atoms with E-state index >= 15 is 0 Å². The van der Waals surface area contributed by atoms with Crippen LogP contribution in [0.15, 0.2) is 53.7 Å². The number of benzene rings is 2. The van der Waals surface area contributed by atoms with E-state index in [9.17, 15) is 4.79 Å². The molecule has 0 saturated carbocycles. The Kier molecular flexibility index (Phi) is 5.44. The standard InChI is InChI=1S/C23H23N3OS/c1-15-12-16(2)25-23(24-15)28-14-19-6-3-4-9-21(19)22(27)26-20-11-10-17-7-5-8-18(17)13-20/h3-4,6,9-13H,5,7-8,14H2,1-2H3,(H,26,27). The van der Waals surface area contributed by atoms with Crippen molar-refractivity contribution in [2.24, 2.45) is 0 Å². The van der Waals surface area contributed by atoms with Crippen molar-refractivity contribution in [3.05, 3.63) is 82.2 Å². The average Bonchev–Trinajstić information content (AvgIpc) is 3.13. The minimum atomic E-state index is -0.0736. The number of carbonyl (C=O) groups is 1. The fourth-order valence-electron chi connectivity index (χ4n) is 3.62. The number of aromatic nitrogens is 2. The van der Waals surface area contributed by atoms with Crippen LogP contribution in [0.3, 0.4) is 0 Å². The minimum Gasteiger partial charge on any atom is -0.322 e. The van der Waals surface area contributed by atoms with E-state index in [1.807, 2.05) is 50.2 Å². The first kappa shape index (κ1) is 18.7. The number of hydrogen-bond acceptors (Lipinski definition) is 4. The summed E-state index contributed by atoms with van der Waals surface area (Å²) >= 11 is 1.55. The highest BCUT2D eigenvalue weighted by Gasteiger charge is 2.15. The largest absolute Gasteiger partial charge is 0.322 e. The van der Waals surface area contributed by atoms with Crippen molar-refractivity contribution >= 4 is 23.4 Å². The van der Waals surface area contributed by atoms with Gasteiger partial charge in [-0.1, -0.05) is 36.0 Å². The molecule has 1 aliphatic rings. The first-order chi connectivity index (χ1) is 13.6. The molecule has 2 aromatic carbocycles. The summed E-state index contributed by atoms with van der Waals surface area (Å²) in [7, 11) is 0. The lowest BCUT2D eigenvalue weighted by Gasteiger charge is -2.11. The molecule has 0 fully saturated rings. The maximum atomic E-state index is 12.9. The molecule has 4 rings (SSSR count). The predicted molar refractivity (Wildman–Crippen MR) is 114 cm³/mol. The lowest BCUT2D eigenvalue weighted by Crippen LogP contribution is -2.14. The Hall–Kier alpha value is -2.66. The second-order valence-electron chi connectivity index (χ2n) is 7.17. The summed E-state index contributed by atoms with van der Waals surface area (Å²) in [6.45, 7) is 3.94. The first-order valence-electron chi connectivity index (χ1n) is 9.54. The molecule has 0 spiro atoms. The molecule has 1 N–H and O–H groups in total. The van der Waals surface area contributed by atoms with Gasteiger partial charge >= 0.3 is 0 Å². The number of amides is 1. The normalized spacial score (nSPS) is 12.6. The summed E-state index contributed by atoms with van der Waals surface area (Å²) < 4.78 is 0. The number of hydrogen-bond donors (Lipinski definition) is 1. The zero-order chi connectivity index (χ0) is 19.5. The number of anilines is 1. The lowest BCUT2D eigenvalue weighted by atomic mass is 10.1. The number of nitrogens with one attached hydrogen (secondary N) is 1. The molecule has 0 unspecified atom stereocenters. The zero-order valence-electron chi connectivity index (χ0n) is 16.2. The Balaban J connectivity index is 1.49. The SMILES string of the molecule is Cc1cc(C)nc(SCc2ccccc2C(=O)Nc2ccc3c(c2)CCC3)n1. The van der Waals surface area contributed by atoms with E-state index in [1.165, 1.54) is 17.5 Å². The van der Waals surface area contributed by atoms with Crippen LogP contribution in [0.1, 0.15) is 44.9 Å². The molecule has 5 heteroatoms. The Morgan fingerprint density at radius 2 is 1.75 bits per heavy atom. The first-order valence-corrected chi connectivity index (χ1v) is 10.5. The molecule has 0 atom stereocenters. The maximum absolute atomic E-state index is 12.9. The zero-order valence-corrected chi connectivity index (χ0v) is 17.0. The highest BCUT2D eigenvalue weighted by Crippen LogP contribution is 2.26. The van der Waals surface area contributed by atoms with Gasteiger partial charge in [0.05, 0.1) is 0 Å². The molecule has 0 radical (unpaired) electrons. The van der Waals surface area contributed by atoms with Gasteiger partial charge in [-0.15, -0.1) is 0 Å². The summed E-state index contributed by atoms with van der Waals surface area (Å²) in [4.78, 5) is 21.9. The van der Waals surface area contributed by atoms with E-state index in [0.717, 1.165) is 40.6 Å². The van der Waals surface area contributed by atoms with Crippen molar-refractivity contribution in [1.82, 2.24) is 9.97 Å². The molecule has 0 bridgehead atoms. The van der Waals surface area contributed by atoms with Gasteiger partial charge in [0.25, 0.3) is 5.91 Å². The third-order valence-electron chi connectivity index (χ3n) is 4.94. The molecule has 28 heavy (non-hydrogen) atoms. The van der Waals surface area contributed by atoms with E-state index in [1.54, 1.807) is 11.8 Å². The summed E-state index contributed by atoms with van der Waals surface area (Å²) in [6.07, 6.45) is 3.44. The molecule has 1 heterocycles. The molecule has 1 aliphatic carbocycles. The van der Waals surface area contributed by atoms with Crippen LogP contribution < -0.4 is 5.32 Å². The second kappa shape index (κ2) is 8.15. The smallest absolute Gasteiger partial charge is 0.255 e. The van der Waals surface area contributed by atoms with E-state index in [4.69, 9.17) is 0 Å². The molecule has 1 aromatic heterocycles. The van der Waals surface area contributed by atoms with Gasteiger partial charge in [-0.2, -0.15) is 0 Å². The molecular weight excluding hydrogens is 366 g/mol. The van der Waals surface area contributed by atoms with Crippen molar-refractivity contribution < 1.29 is 4.79 Å². The number of thioether (sulfide) groups is 1. The van der Waals surface area contributed by atoms with Crippen LogP contribution >= 0.6 is 11.8 Å². The van der Waals surface area contributed by atoms with Gasteiger partial charge in [0.1, 0.15) is 0 Å². The van der Waals surface area contributed by atoms with Crippen LogP contribution in [0.4, 0.5) is 5.69 Å². The van der Waals surface area contributed by atoms with E-state index in [-0.39, 0.29) is 5.91 Å². The third-order valence-corrected chi connectivity index (χ3v) is 5.83. The average molecular weight is 390 g/mol. The van der Waals surface area contributed by atoms with Crippen LogP contribution in [0, 0.1) is 13.8 Å². The van der Waals surface area contributed by atoms with Crippen molar-refractivity contribution in [3.8, 4) is 0 Å². The highest BCUT2D eigenvalue weighted by atomic mass is 32.2. The number of fused-ring (bicyclic) bond motifs is 1. The quantitative estimate of drug-likeness (QED) is 0.486. The summed E-state index contributed by atoms with van der Waals surface area (Å²) in [5.74, 6) is 0.576. The second-order valence-corrected chi connectivity index (χ2v) is 8.11. The van der Waals surface area contributed by atoms with E-state index in [2.05, 4.69) is 27.4 Å². The van der Waals surface area contributed by atoms with Crippen LogP contribution in [-0.4, -0.2) is 15.9 Å². The van der Waals surface area contributed by atoms with Crippen LogP contribution in [-0.2, 0) is 18.6 Å². The van der Waals surface area contributed by atoms with Gasteiger partial charge in [0, 0.05) is 28.4 Å². The molecular formula is C23H23N3OS. The highest BCUT2D eigenvalue weighted by molar-refractivity contribution is 7.98. The molecule has 3 aromatic rings. The van der Waals surface area contributed by atoms with Crippen molar-refractivity contribution in [2.75, 3.05) is 5.32 Å². The van der Waals surface area contributed by atoms with Crippen LogP contribution in [0.2, 0.25) is 0 Å². The fraction of sp³-hybridized carbons (Fsp3) is 0.261. The van der Waals surface area contributed by atoms with Crippen LogP contribution in [0.25, 0.3) is 0 Å². The summed E-state index contributed by atoms with van der Waals surface area (Å²) in [6, 6.07) is 15.9. The summed E-state index contributed by atoms with van der Waals surface area (Å²) in [5, 5.41) is 3.81. The van der Waals surface area contributed by atoms with E-state index < -0.39 is 0 Å². The van der Waals surface area contributed by atoms with Gasteiger partial charge in [0.15, 0.2) is 5.16 Å². The Morgan fingerprint density at radius 3 is 2.57 bits per heavy atom. The number of carbonyl (C=O) groups excluding carboxylic acids is 1. The monoisotopic (exact) mass is 389 g/mol. The summed E-state index contributed by atoms with van der Waals surface area (Å²) in [5.41, 5.74) is 7.21. The topological polar surface area (TPSA) is 54.9 Å². The Morgan fingerprint density at radius 1 is 1.00 bits per heavy atom. The number of aryl methyl sites for hydroxylation is 4. The molecule has 142 valence electrons. The number of nitrogens with zero attached hydrogens (tertiary/aromatic N) is 2. The van der Waals surface area contributed by atoms with Crippen molar-refractivity contribution in [1.29, 1.82) is 0 Å². The van der Waals surface area contributed by atoms with Gasteiger partial charge < -0.3 is 5.32 Å². The van der Waals surface area contributed by atoms with Crippen molar-refractivity contribution in [2.45, 2.75) is 44.0 Å². The van der Waals surface area contributed by atoms with Gasteiger partial charge in [-0.3, -0.25) is 4.79 Å². The fourth-order valence-corrected chi connectivity index (χ4v) is 4.57. The molecule has 0 saturated heterocycles. The lowest BCUT2D eigenvalue weighted by molar-refractivity contribution is 0.102. The molecule has 1 amide bonds. The Labute approximate surface area is 169 Å². The van der Waals surface area contributed by atoms with E-state index in [0.29, 0.717) is 11.3 Å². The van der Waals surface area contributed by atoms with Gasteiger partial charge in [-0.25, -0.2) is 9.97 Å². The van der Waals surface area contributed by atoms with Crippen LogP contribution in [0.5, 0.6) is 0 Å². The maximum Gasteiger partial charge on any atom is 0.255 e. The molecule has 4 nitrogen and oxygen atoms in total. The van der Waals surface area contributed by atoms with Gasteiger partial charge in [0.2, 0.25) is 0 Å². The minimum absolute atomic E-state index is 0.0736. The van der Waals surface area contributed by atoms with Crippen molar-refractivity contribution in [3.63, 3.8) is 0 Å². The Bertz CT molecular complexity index is 1010. The molecule has 0 aliphatic heterocycles.